The first-order chi connectivity index (χ1) is 17.3. The summed E-state index contributed by atoms with van der Waals surface area (Å²) in [5.74, 6) is 1.58. The number of fused-ring (bicyclic) bond motifs is 1. The van der Waals surface area contributed by atoms with Crippen LogP contribution in [0.25, 0.3) is 11.2 Å². The van der Waals surface area contributed by atoms with E-state index in [2.05, 4.69) is 15.5 Å². The van der Waals surface area contributed by atoms with Gasteiger partial charge in [-0.3, -0.25) is 13.9 Å². The fourth-order valence-electron chi connectivity index (χ4n) is 3.73. The van der Waals surface area contributed by atoms with Crippen LogP contribution < -0.4 is 26.1 Å². The number of hydrazone groups is 1. The number of aryl methyl sites for hydroxylation is 2. The number of nitrogens with zero attached hydrogens (tertiary/aromatic N) is 5. The molecule has 36 heavy (non-hydrogen) atoms. The van der Waals surface area contributed by atoms with Crippen LogP contribution in [0, 0.1) is 6.92 Å². The zero-order valence-corrected chi connectivity index (χ0v) is 20.5. The van der Waals surface area contributed by atoms with Crippen LogP contribution in [-0.4, -0.2) is 49.8 Å². The number of imidazole rings is 1. The molecule has 2 aromatic carbocycles. The van der Waals surface area contributed by atoms with Gasteiger partial charge in [0, 0.05) is 14.1 Å². The molecule has 0 radical (unpaired) electrons. The van der Waals surface area contributed by atoms with Crippen LogP contribution >= 0.6 is 0 Å². The maximum absolute atomic E-state index is 13.0. The highest BCUT2D eigenvalue weighted by molar-refractivity contribution is 5.80. The topological polar surface area (TPSA) is 125 Å². The summed E-state index contributed by atoms with van der Waals surface area (Å²) in [6, 6.07) is 14.8. The van der Waals surface area contributed by atoms with Crippen LogP contribution in [0.4, 0.5) is 5.95 Å². The van der Waals surface area contributed by atoms with Crippen LogP contribution in [0.3, 0.4) is 0 Å². The lowest BCUT2D eigenvalue weighted by Crippen LogP contribution is -2.38. The molecule has 11 nitrogen and oxygen atoms in total. The average Bonchev–Trinajstić information content (AvgIpc) is 3.24. The molecule has 4 aromatic rings. The molecule has 0 amide bonds. The summed E-state index contributed by atoms with van der Waals surface area (Å²) >= 11 is 0. The van der Waals surface area contributed by atoms with E-state index >= 15 is 0 Å². The molecular weight excluding hydrogens is 464 g/mol. The number of aliphatic hydroxyl groups is 1. The Morgan fingerprint density at radius 1 is 1.11 bits per heavy atom. The number of benzene rings is 2. The third-order valence-electron chi connectivity index (χ3n) is 5.76. The minimum absolute atomic E-state index is 0.00877. The highest BCUT2D eigenvalue weighted by atomic mass is 16.5. The number of hydrogen-bond acceptors (Lipinski definition) is 8. The van der Waals surface area contributed by atoms with Crippen molar-refractivity contribution in [2.45, 2.75) is 19.6 Å². The molecule has 0 spiro atoms. The van der Waals surface area contributed by atoms with Gasteiger partial charge in [0.05, 0.1) is 19.9 Å². The Labute approximate surface area is 206 Å². The van der Waals surface area contributed by atoms with E-state index in [4.69, 9.17) is 9.47 Å². The molecule has 0 aliphatic heterocycles. The number of ether oxygens (including phenoxy) is 2. The molecule has 1 unspecified atom stereocenters. The molecule has 0 aliphatic carbocycles. The maximum atomic E-state index is 13.0. The number of methoxy groups -OCH3 is 1. The van der Waals surface area contributed by atoms with Crippen molar-refractivity contribution >= 4 is 23.3 Å². The number of rotatable bonds is 9. The Morgan fingerprint density at radius 3 is 2.53 bits per heavy atom. The molecule has 0 saturated carbocycles. The second kappa shape index (κ2) is 10.5. The molecule has 2 aromatic heterocycles. The van der Waals surface area contributed by atoms with Crippen molar-refractivity contribution in [2.75, 3.05) is 19.1 Å². The Balaban J connectivity index is 1.64. The Hall–Kier alpha value is -4.38. The SMILES string of the molecule is COc1ccc(/C=N/Nc2nc3c(c(=O)n(C)c(=O)n3C)n2CC(O)COc2ccccc2C)cc1. The van der Waals surface area contributed by atoms with Crippen molar-refractivity contribution in [3.8, 4) is 11.5 Å². The summed E-state index contributed by atoms with van der Waals surface area (Å²) < 4.78 is 14.7. The van der Waals surface area contributed by atoms with Gasteiger partial charge in [0.25, 0.3) is 5.56 Å². The number of aromatic nitrogens is 4. The van der Waals surface area contributed by atoms with Gasteiger partial charge in [-0.15, -0.1) is 0 Å². The first-order valence-corrected chi connectivity index (χ1v) is 11.3. The van der Waals surface area contributed by atoms with Crippen LogP contribution in [0.2, 0.25) is 0 Å². The predicted molar refractivity (Wildman–Crippen MR) is 137 cm³/mol. The van der Waals surface area contributed by atoms with E-state index in [1.165, 1.54) is 23.2 Å². The summed E-state index contributed by atoms with van der Waals surface area (Å²) in [7, 11) is 4.52. The molecule has 0 saturated heterocycles. The van der Waals surface area contributed by atoms with Gasteiger partial charge in [-0.1, -0.05) is 18.2 Å². The fraction of sp³-hybridized carbons (Fsp3) is 0.280. The van der Waals surface area contributed by atoms with Crippen molar-refractivity contribution in [3.05, 3.63) is 80.5 Å². The molecule has 0 aliphatic rings. The van der Waals surface area contributed by atoms with E-state index in [0.29, 0.717) is 5.75 Å². The zero-order chi connectivity index (χ0) is 25.8. The molecule has 1 atom stereocenters. The molecule has 2 N–H and O–H groups in total. The van der Waals surface area contributed by atoms with Crippen LogP contribution in [-0.2, 0) is 20.6 Å². The van der Waals surface area contributed by atoms with Gasteiger partial charge in [0.1, 0.15) is 24.2 Å². The molecule has 4 rings (SSSR count). The van der Waals surface area contributed by atoms with E-state index in [0.717, 1.165) is 21.4 Å². The lowest BCUT2D eigenvalue weighted by Gasteiger charge is -2.16. The number of nitrogens with one attached hydrogen (secondary N) is 1. The second-order valence-electron chi connectivity index (χ2n) is 8.30. The van der Waals surface area contributed by atoms with Gasteiger partial charge in [-0.25, -0.2) is 10.2 Å². The predicted octanol–water partition coefficient (Wildman–Crippen LogP) is 1.64. The van der Waals surface area contributed by atoms with Gasteiger partial charge >= 0.3 is 5.69 Å². The summed E-state index contributed by atoms with van der Waals surface area (Å²) in [6.45, 7) is 1.89. The third kappa shape index (κ3) is 5.01. The summed E-state index contributed by atoms with van der Waals surface area (Å²) in [5, 5.41) is 15.0. The monoisotopic (exact) mass is 492 g/mol. The standard InChI is InChI=1S/C25H28N6O5/c1-16-7-5-6-8-20(16)36-15-18(32)14-31-21-22(29(2)25(34)30(3)23(21)33)27-24(31)28-26-13-17-9-11-19(35-4)12-10-17/h5-13,18,32H,14-15H2,1-4H3,(H,27,28)/b26-13+. The van der Waals surface area contributed by atoms with Gasteiger partial charge in [0.15, 0.2) is 11.2 Å². The van der Waals surface area contributed by atoms with E-state index in [1.54, 1.807) is 25.5 Å². The van der Waals surface area contributed by atoms with Crippen molar-refractivity contribution in [2.24, 2.45) is 19.2 Å². The third-order valence-corrected chi connectivity index (χ3v) is 5.76. The van der Waals surface area contributed by atoms with Crippen molar-refractivity contribution in [1.82, 2.24) is 18.7 Å². The number of para-hydroxylation sites is 1. The van der Waals surface area contributed by atoms with Crippen LogP contribution in [0.1, 0.15) is 11.1 Å². The molecule has 0 fully saturated rings. The van der Waals surface area contributed by atoms with Gasteiger partial charge in [0.2, 0.25) is 5.95 Å². The largest absolute Gasteiger partial charge is 0.497 e. The molecule has 11 heteroatoms. The first-order valence-electron chi connectivity index (χ1n) is 11.3. The first kappa shape index (κ1) is 24.7. The Morgan fingerprint density at radius 2 is 1.83 bits per heavy atom. The smallest absolute Gasteiger partial charge is 0.332 e. The van der Waals surface area contributed by atoms with E-state index in [-0.39, 0.29) is 30.3 Å². The number of aliphatic hydroxyl groups excluding tert-OH is 1. The highest BCUT2D eigenvalue weighted by Crippen LogP contribution is 2.19. The lowest BCUT2D eigenvalue weighted by molar-refractivity contribution is 0.0935. The summed E-state index contributed by atoms with van der Waals surface area (Å²) in [6.07, 6.45) is 0.605. The van der Waals surface area contributed by atoms with E-state index in [9.17, 15) is 14.7 Å². The van der Waals surface area contributed by atoms with Crippen molar-refractivity contribution in [1.29, 1.82) is 0 Å². The minimum atomic E-state index is -0.977. The lowest BCUT2D eigenvalue weighted by atomic mass is 10.2. The molecular formula is C25H28N6O5. The molecule has 0 bridgehead atoms. The van der Waals surface area contributed by atoms with Crippen LogP contribution in [0.15, 0.2) is 63.2 Å². The average molecular weight is 493 g/mol. The van der Waals surface area contributed by atoms with Gasteiger partial charge < -0.3 is 19.1 Å². The minimum Gasteiger partial charge on any atom is -0.497 e. The quantitative estimate of drug-likeness (QED) is 0.269. The normalized spacial score (nSPS) is 12.2. The number of anilines is 1. The van der Waals surface area contributed by atoms with Gasteiger partial charge in [-0.05, 0) is 48.4 Å². The maximum Gasteiger partial charge on any atom is 0.332 e. The molecule has 2 heterocycles. The fourth-order valence-corrected chi connectivity index (χ4v) is 3.73. The van der Waals surface area contributed by atoms with E-state index < -0.39 is 17.4 Å². The van der Waals surface area contributed by atoms with Crippen molar-refractivity contribution in [3.63, 3.8) is 0 Å². The summed E-state index contributed by atoms with van der Waals surface area (Å²) in [4.78, 5) is 29.9. The number of hydrogen-bond donors (Lipinski definition) is 2. The Bertz CT molecular complexity index is 1520. The van der Waals surface area contributed by atoms with Gasteiger partial charge in [-0.2, -0.15) is 10.1 Å². The summed E-state index contributed by atoms with van der Waals surface area (Å²) in [5.41, 5.74) is 3.89. The molecule has 188 valence electrons. The Kier molecular flexibility index (Phi) is 7.20. The van der Waals surface area contributed by atoms with Crippen LogP contribution in [0.5, 0.6) is 11.5 Å². The zero-order valence-electron chi connectivity index (χ0n) is 20.5. The second-order valence-corrected chi connectivity index (χ2v) is 8.30. The van der Waals surface area contributed by atoms with Crippen molar-refractivity contribution < 1.29 is 14.6 Å². The highest BCUT2D eigenvalue weighted by Gasteiger charge is 2.21. The van der Waals surface area contributed by atoms with E-state index in [1.807, 2.05) is 43.3 Å².